The van der Waals surface area contributed by atoms with Crippen LogP contribution in [-0.4, -0.2) is 44.7 Å². The van der Waals surface area contributed by atoms with Crippen LogP contribution in [0.3, 0.4) is 0 Å². The Labute approximate surface area is 248 Å². The number of nitrogens with one attached hydrogen (secondary N) is 1. The summed E-state index contributed by atoms with van der Waals surface area (Å²) in [6.07, 6.45) is 3.72. The van der Waals surface area contributed by atoms with Crippen LogP contribution in [0.4, 0.5) is 0 Å². The predicted octanol–water partition coefficient (Wildman–Crippen LogP) is 6.72. The van der Waals surface area contributed by atoms with Gasteiger partial charge in [0.15, 0.2) is 5.84 Å². The molecule has 1 N–H and O–H groups in total. The van der Waals surface area contributed by atoms with Gasteiger partial charge in [-0.25, -0.2) is 0 Å². The number of aromatic nitrogens is 1. The van der Waals surface area contributed by atoms with E-state index in [1.807, 2.05) is 72.9 Å². The second-order valence-electron chi connectivity index (χ2n) is 11.0. The molecule has 9 heteroatoms. The van der Waals surface area contributed by atoms with Crippen LogP contribution in [-0.2, 0) is 16.8 Å². The summed E-state index contributed by atoms with van der Waals surface area (Å²) < 4.78 is 14.0. The molecule has 42 heavy (non-hydrogen) atoms. The van der Waals surface area contributed by atoms with E-state index in [0.717, 1.165) is 28.0 Å². The minimum atomic E-state index is -0.460. The predicted molar refractivity (Wildman–Crippen MR) is 170 cm³/mol. The lowest BCUT2D eigenvalue weighted by atomic mass is 9.87. The average Bonchev–Trinajstić information content (AvgIpc) is 3.56. The van der Waals surface area contributed by atoms with Crippen LogP contribution in [0.2, 0.25) is 0 Å². The van der Waals surface area contributed by atoms with Crippen molar-refractivity contribution in [3.63, 3.8) is 0 Å². The molecule has 0 fully saturated rings. The van der Waals surface area contributed by atoms with Crippen LogP contribution in [0.25, 0.3) is 17.0 Å². The van der Waals surface area contributed by atoms with E-state index in [4.69, 9.17) is 14.9 Å². The van der Waals surface area contributed by atoms with Gasteiger partial charge in [-0.1, -0.05) is 69.3 Å². The first kappa shape index (κ1) is 27.5. The van der Waals surface area contributed by atoms with Crippen molar-refractivity contribution >= 4 is 50.7 Å². The van der Waals surface area contributed by atoms with Gasteiger partial charge in [0, 0.05) is 22.7 Å². The Morgan fingerprint density at radius 1 is 0.929 bits per heavy atom. The van der Waals surface area contributed by atoms with Gasteiger partial charge in [-0.3, -0.25) is 10.2 Å². The second kappa shape index (κ2) is 11.3. The molecule has 212 valence electrons. The van der Waals surface area contributed by atoms with E-state index in [1.165, 1.54) is 22.3 Å². The number of carbonyl (C=O) groups excluding carboxylic acids is 1. The minimum absolute atomic E-state index is 0.00826. The average molecular weight is 578 g/mol. The summed E-state index contributed by atoms with van der Waals surface area (Å²) in [7, 11) is 0. The third kappa shape index (κ3) is 5.73. The third-order valence-electron chi connectivity index (χ3n) is 7.04. The molecule has 0 saturated carbocycles. The van der Waals surface area contributed by atoms with Crippen LogP contribution in [0.15, 0.2) is 101 Å². The number of ether oxygens (including phenoxy) is 2. The number of amides is 1. The first-order valence-corrected chi connectivity index (χ1v) is 14.6. The smallest absolute Gasteiger partial charge is 0.283 e. The number of hydrogen-bond acceptors (Lipinski definition) is 6. The SMILES string of the molecule is CC(C)(C)c1ccc(OCCn2cc(/C=C3/C(=N)N4N=C(COc5ccccc5)SC4=NC3=O)c3ccccc32)cc1. The highest BCUT2D eigenvalue weighted by atomic mass is 32.2. The van der Waals surface area contributed by atoms with Crippen molar-refractivity contribution in [1.82, 2.24) is 9.58 Å². The Morgan fingerprint density at radius 3 is 2.40 bits per heavy atom. The molecule has 3 aromatic carbocycles. The lowest BCUT2D eigenvalue weighted by Crippen LogP contribution is -2.35. The molecule has 0 bridgehead atoms. The molecule has 0 radical (unpaired) electrons. The zero-order valence-electron chi connectivity index (χ0n) is 23.7. The fraction of sp³-hybridized carbons (Fsp3) is 0.212. The fourth-order valence-corrected chi connectivity index (χ4v) is 5.59. The lowest BCUT2D eigenvalue weighted by Gasteiger charge is -2.20. The Bertz CT molecular complexity index is 1750. The molecule has 2 aliphatic rings. The van der Waals surface area contributed by atoms with Gasteiger partial charge in [-0.05, 0) is 59.1 Å². The number of hydrazone groups is 1. The minimum Gasteiger partial charge on any atom is -0.492 e. The molecule has 4 aromatic rings. The monoisotopic (exact) mass is 577 g/mol. The van der Waals surface area contributed by atoms with E-state index in [0.29, 0.717) is 23.4 Å². The van der Waals surface area contributed by atoms with Crippen molar-refractivity contribution in [3.8, 4) is 11.5 Å². The topological polar surface area (TPSA) is 92.3 Å². The summed E-state index contributed by atoms with van der Waals surface area (Å²) in [5.41, 5.74) is 3.39. The molecular weight excluding hydrogens is 546 g/mol. The van der Waals surface area contributed by atoms with Crippen molar-refractivity contribution in [2.24, 2.45) is 10.1 Å². The number of para-hydroxylation sites is 2. The van der Waals surface area contributed by atoms with Crippen molar-refractivity contribution in [3.05, 3.63) is 102 Å². The van der Waals surface area contributed by atoms with E-state index in [9.17, 15) is 4.79 Å². The third-order valence-corrected chi connectivity index (χ3v) is 7.92. The van der Waals surface area contributed by atoms with Gasteiger partial charge < -0.3 is 14.0 Å². The summed E-state index contributed by atoms with van der Waals surface area (Å²) in [6, 6.07) is 25.7. The van der Waals surface area contributed by atoms with Crippen molar-refractivity contribution in [2.45, 2.75) is 32.7 Å². The molecule has 3 heterocycles. The summed E-state index contributed by atoms with van der Waals surface area (Å²) in [4.78, 5) is 17.3. The van der Waals surface area contributed by atoms with Crippen molar-refractivity contribution < 1.29 is 14.3 Å². The van der Waals surface area contributed by atoms with Gasteiger partial charge in [0.2, 0.25) is 5.17 Å². The Balaban J connectivity index is 1.18. The first-order valence-electron chi connectivity index (χ1n) is 13.7. The molecule has 1 aromatic heterocycles. The summed E-state index contributed by atoms with van der Waals surface area (Å²) in [5, 5.41) is 16.7. The number of fused-ring (bicyclic) bond motifs is 2. The molecule has 2 aliphatic heterocycles. The number of carbonyl (C=O) groups is 1. The molecule has 0 saturated heterocycles. The van der Waals surface area contributed by atoms with Gasteiger partial charge >= 0.3 is 0 Å². The largest absolute Gasteiger partial charge is 0.492 e. The molecule has 0 unspecified atom stereocenters. The van der Waals surface area contributed by atoms with Gasteiger partial charge in [-0.15, -0.1) is 0 Å². The first-order chi connectivity index (χ1) is 20.3. The number of nitrogens with zero attached hydrogens (tertiary/aromatic N) is 4. The Morgan fingerprint density at radius 2 is 1.64 bits per heavy atom. The van der Waals surface area contributed by atoms with E-state index >= 15 is 0 Å². The lowest BCUT2D eigenvalue weighted by molar-refractivity contribution is -0.114. The highest BCUT2D eigenvalue weighted by molar-refractivity contribution is 8.27. The number of benzene rings is 3. The maximum atomic E-state index is 13.0. The summed E-state index contributed by atoms with van der Waals surface area (Å²) in [5.74, 6) is 1.08. The number of rotatable bonds is 8. The summed E-state index contributed by atoms with van der Waals surface area (Å²) in [6.45, 7) is 7.91. The van der Waals surface area contributed by atoms with E-state index < -0.39 is 5.91 Å². The number of thioether (sulfide) groups is 1. The zero-order valence-corrected chi connectivity index (χ0v) is 24.5. The van der Waals surface area contributed by atoms with Gasteiger partial charge in [-0.2, -0.15) is 15.1 Å². The second-order valence-corrected chi connectivity index (χ2v) is 12.1. The van der Waals surface area contributed by atoms with Gasteiger partial charge in [0.25, 0.3) is 5.91 Å². The molecule has 8 nitrogen and oxygen atoms in total. The molecule has 0 atom stereocenters. The van der Waals surface area contributed by atoms with Crippen LogP contribution >= 0.6 is 11.8 Å². The Hall–Kier alpha value is -4.63. The zero-order chi connectivity index (χ0) is 29.3. The maximum Gasteiger partial charge on any atom is 0.283 e. The quantitative estimate of drug-likeness (QED) is 0.235. The van der Waals surface area contributed by atoms with Crippen LogP contribution in [0, 0.1) is 5.41 Å². The van der Waals surface area contributed by atoms with Crippen LogP contribution in [0.1, 0.15) is 31.9 Å². The molecule has 0 aliphatic carbocycles. The fourth-order valence-electron chi connectivity index (χ4n) is 4.80. The number of aliphatic imine (C=N–C) groups is 1. The van der Waals surface area contributed by atoms with E-state index in [2.05, 4.69) is 47.6 Å². The molecule has 6 rings (SSSR count). The highest BCUT2D eigenvalue weighted by Gasteiger charge is 2.36. The molecule has 1 amide bonds. The van der Waals surface area contributed by atoms with Crippen molar-refractivity contribution in [2.75, 3.05) is 13.2 Å². The summed E-state index contributed by atoms with van der Waals surface area (Å²) >= 11 is 1.24. The molecular formula is C33H31N5O3S. The van der Waals surface area contributed by atoms with E-state index in [-0.39, 0.29) is 23.4 Å². The van der Waals surface area contributed by atoms with Gasteiger partial charge in [0.1, 0.15) is 29.8 Å². The maximum absolute atomic E-state index is 13.0. The number of amidine groups is 2. The standard InChI is InChI=1S/C33H31N5O3S/c1-33(2,3)23-13-15-25(16-14-23)40-18-17-37-20-22(26-11-7-8-12-28(26)37)19-27-30(34)38-32(35-31(27)39)42-29(36-38)21-41-24-9-5-4-6-10-24/h4-16,19-20,34H,17-18,21H2,1-3H3/b27-19-,34-30?. The highest BCUT2D eigenvalue weighted by Crippen LogP contribution is 2.31. The van der Waals surface area contributed by atoms with Crippen LogP contribution in [0.5, 0.6) is 11.5 Å². The van der Waals surface area contributed by atoms with Crippen LogP contribution < -0.4 is 9.47 Å². The normalized spacial score (nSPS) is 16.1. The molecule has 0 spiro atoms. The van der Waals surface area contributed by atoms with Gasteiger partial charge in [0.05, 0.1) is 12.1 Å². The number of hydrogen-bond donors (Lipinski definition) is 1. The van der Waals surface area contributed by atoms with Crippen molar-refractivity contribution in [1.29, 1.82) is 5.41 Å². The Kier molecular flexibility index (Phi) is 7.43. The van der Waals surface area contributed by atoms with E-state index in [1.54, 1.807) is 6.08 Å².